The number of rotatable bonds is 4. The van der Waals surface area contributed by atoms with E-state index >= 15 is 0 Å². The normalized spacial score (nSPS) is 11.4. The van der Waals surface area contributed by atoms with E-state index in [-0.39, 0.29) is 18.8 Å². The molecule has 5 nitrogen and oxygen atoms in total. The van der Waals surface area contributed by atoms with Crippen molar-refractivity contribution in [3.63, 3.8) is 0 Å². The topological polar surface area (TPSA) is 86.8 Å². The molecule has 1 aromatic rings. The molecule has 106 valence electrons. The zero-order valence-electron chi connectivity index (χ0n) is 9.81. The molecule has 0 aliphatic heterocycles. The zero-order chi connectivity index (χ0) is 14.6. The number of phenols is 2. The number of halogens is 3. The molecular weight excluding hydrogens is 265 g/mol. The molecule has 1 amide bonds. The number of nitrogens with two attached hydrogens (primary N) is 1. The smallest absolute Gasteiger partial charge is 0.406 e. The second-order valence-electron chi connectivity index (χ2n) is 3.83. The lowest BCUT2D eigenvalue weighted by Crippen LogP contribution is -2.41. The van der Waals surface area contributed by atoms with Crippen molar-refractivity contribution in [1.82, 2.24) is 4.90 Å². The van der Waals surface area contributed by atoms with Gasteiger partial charge in [-0.2, -0.15) is 13.2 Å². The third kappa shape index (κ3) is 4.32. The molecule has 0 bridgehead atoms. The molecule has 4 N–H and O–H groups in total. The summed E-state index contributed by atoms with van der Waals surface area (Å²) in [6.45, 7) is -1.94. The number of hydrogen-bond donors (Lipinski definition) is 3. The molecule has 19 heavy (non-hydrogen) atoms. The maximum atomic E-state index is 12.3. The second kappa shape index (κ2) is 5.79. The Morgan fingerprint density at radius 3 is 2.47 bits per heavy atom. The predicted octanol–water partition coefficient (Wildman–Crippen LogP) is 1.06. The summed E-state index contributed by atoms with van der Waals surface area (Å²) in [5.74, 6) is -1.89. The monoisotopic (exact) mass is 278 g/mol. The number of hydrogen-bond acceptors (Lipinski definition) is 4. The Balaban J connectivity index is 3.02. The van der Waals surface area contributed by atoms with Gasteiger partial charge >= 0.3 is 6.18 Å². The Bertz CT molecular complexity index is 463. The van der Waals surface area contributed by atoms with Crippen molar-refractivity contribution in [3.05, 3.63) is 23.8 Å². The molecule has 0 fully saturated rings. The predicted molar refractivity (Wildman–Crippen MR) is 60.8 cm³/mol. The molecule has 1 aromatic carbocycles. The van der Waals surface area contributed by atoms with Gasteiger partial charge in [0.2, 0.25) is 0 Å². The molecule has 0 aromatic heterocycles. The van der Waals surface area contributed by atoms with E-state index in [9.17, 15) is 28.2 Å². The summed E-state index contributed by atoms with van der Waals surface area (Å²) in [5, 5.41) is 18.7. The highest BCUT2D eigenvalue weighted by Gasteiger charge is 2.33. The van der Waals surface area contributed by atoms with Crippen molar-refractivity contribution in [2.75, 3.05) is 19.6 Å². The first-order valence-electron chi connectivity index (χ1n) is 5.32. The summed E-state index contributed by atoms with van der Waals surface area (Å²) in [6, 6.07) is 3.04. The molecular formula is C11H13F3N2O3. The van der Waals surface area contributed by atoms with Gasteiger partial charge in [0.25, 0.3) is 5.91 Å². The van der Waals surface area contributed by atoms with Crippen molar-refractivity contribution in [2.24, 2.45) is 5.73 Å². The standard InChI is InChI=1S/C11H13F3N2O3/c12-11(13,14)6-16(4-3-15)10(19)8-5-7(17)1-2-9(8)18/h1-2,5,17-18H,3-4,6,15H2. The second-order valence-corrected chi connectivity index (χ2v) is 3.83. The minimum atomic E-state index is -4.57. The Morgan fingerprint density at radius 2 is 1.95 bits per heavy atom. The number of carbonyl (C=O) groups excluding carboxylic acids is 1. The molecule has 0 saturated heterocycles. The van der Waals surface area contributed by atoms with Crippen LogP contribution in [0.4, 0.5) is 13.2 Å². The number of phenolic OH excluding ortho intramolecular Hbond substituents is 2. The van der Waals surface area contributed by atoms with Crippen LogP contribution in [0.25, 0.3) is 0 Å². The first kappa shape index (κ1) is 15.1. The van der Waals surface area contributed by atoms with Crippen LogP contribution in [-0.2, 0) is 0 Å². The van der Waals surface area contributed by atoms with Crippen LogP contribution in [0.5, 0.6) is 11.5 Å². The van der Waals surface area contributed by atoms with Gasteiger partial charge in [0.05, 0.1) is 5.56 Å². The molecule has 0 aliphatic rings. The van der Waals surface area contributed by atoms with Gasteiger partial charge in [-0.25, -0.2) is 0 Å². The van der Waals surface area contributed by atoms with Crippen molar-refractivity contribution in [1.29, 1.82) is 0 Å². The number of nitrogens with zero attached hydrogens (tertiary/aromatic N) is 1. The molecule has 0 spiro atoms. The first-order valence-corrected chi connectivity index (χ1v) is 5.32. The van der Waals surface area contributed by atoms with E-state index in [0.717, 1.165) is 18.2 Å². The van der Waals surface area contributed by atoms with Crippen LogP contribution in [0.3, 0.4) is 0 Å². The molecule has 8 heteroatoms. The molecule has 0 radical (unpaired) electrons. The van der Waals surface area contributed by atoms with Crippen molar-refractivity contribution in [3.8, 4) is 11.5 Å². The summed E-state index contributed by atoms with van der Waals surface area (Å²) in [7, 11) is 0. The quantitative estimate of drug-likeness (QED) is 0.719. The van der Waals surface area contributed by atoms with Gasteiger partial charge in [0, 0.05) is 13.1 Å². The number of benzene rings is 1. The third-order valence-corrected chi connectivity index (χ3v) is 2.27. The summed E-state index contributed by atoms with van der Waals surface area (Å²) in [4.78, 5) is 12.4. The van der Waals surface area contributed by atoms with E-state index in [1.165, 1.54) is 0 Å². The fourth-order valence-corrected chi connectivity index (χ4v) is 1.49. The number of alkyl halides is 3. The van der Waals surface area contributed by atoms with Gasteiger partial charge < -0.3 is 20.8 Å². The third-order valence-electron chi connectivity index (χ3n) is 2.27. The lowest BCUT2D eigenvalue weighted by molar-refractivity contribution is -0.140. The highest BCUT2D eigenvalue weighted by atomic mass is 19.4. The van der Waals surface area contributed by atoms with Gasteiger partial charge in [-0.15, -0.1) is 0 Å². The van der Waals surface area contributed by atoms with E-state index in [2.05, 4.69) is 0 Å². The summed E-state index contributed by atoms with van der Waals surface area (Å²) in [6.07, 6.45) is -4.57. The molecule has 0 aliphatic carbocycles. The van der Waals surface area contributed by atoms with Gasteiger partial charge in [-0.3, -0.25) is 4.79 Å². The number of amides is 1. The molecule has 0 saturated carbocycles. The van der Waals surface area contributed by atoms with Crippen LogP contribution in [0.2, 0.25) is 0 Å². The molecule has 0 atom stereocenters. The van der Waals surface area contributed by atoms with Gasteiger partial charge in [0.1, 0.15) is 18.0 Å². The maximum Gasteiger partial charge on any atom is 0.406 e. The van der Waals surface area contributed by atoms with Crippen molar-refractivity contribution in [2.45, 2.75) is 6.18 Å². The Kier molecular flexibility index (Phi) is 4.60. The molecule has 0 heterocycles. The Labute approximate surface area is 107 Å². The van der Waals surface area contributed by atoms with Gasteiger partial charge in [-0.05, 0) is 18.2 Å². The van der Waals surface area contributed by atoms with E-state index < -0.39 is 29.9 Å². The SMILES string of the molecule is NCCN(CC(F)(F)F)C(=O)c1cc(O)ccc1O. The lowest BCUT2D eigenvalue weighted by Gasteiger charge is -2.23. The van der Waals surface area contributed by atoms with E-state index in [1.54, 1.807) is 0 Å². The van der Waals surface area contributed by atoms with Crippen LogP contribution in [0.15, 0.2) is 18.2 Å². The summed E-state index contributed by atoms with van der Waals surface area (Å²) >= 11 is 0. The largest absolute Gasteiger partial charge is 0.508 e. The Morgan fingerprint density at radius 1 is 1.32 bits per heavy atom. The molecule has 1 rings (SSSR count). The summed E-state index contributed by atoms with van der Waals surface area (Å²) < 4.78 is 37.0. The average Bonchev–Trinajstić information content (AvgIpc) is 2.29. The first-order chi connectivity index (χ1) is 8.74. The molecule has 0 unspecified atom stereocenters. The maximum absolute atomic E-state index is 12.3. The van der Waals surface area contributed by atoms with E-state index in [0.29, 0.717) is 4.90 Å². The van der Waals surface area contributed by atoms with Gasteiger partial charge in [-0.1, -0.05) is 0 Å². The van der Waals surface area contributed by atoms with Crippen LogP contribution < -0.4 is 5.73 Å². The highest BCUT2D eigenvalue weighted by Crippen LogP contribution is 2.25. The van der Waals surface area contributed by atoms with E-state index in [4.69, 9.17) is 5.73 Å². The summed E-state index contributed by atoms with van der Waals surface area (Å²) in [5.41, 5.74) is 4.75. The van der Waals surface area contributed by atoms with E-state index in [1.807, 2.05) is 0 Å². The minimum absolute atomic E-state index is 0.151. The highest BCUT2D eigenvalue weighted by molar-refractivity contribution is 5.97. The minimum Gasteiger partial charge on any atom is -0.508 e. The number of carbonyl (C=O) groups is 1. The van der Waals surface area contributed by atoms with Gasteiger partial charge in [0.15, 0.2) is 0 Å². The van der Waals surface area contributed by atoms with Crippen LogP contribution in [-0.4, -0.2) is 46.8 Å². The van der Waals surface area contributed by atoms with Crippen LogP contribution >= 0.6 is 0 Å². The van der Waals surface area contributed by atoms with Crippen LogP contribution in [0, 0.1) is 0 Å². The fourth-order valence-electron chi connectivity index (χ4n) is 1.49. The zero-order valence-corrected chi connectivity index (χ0v) is 9.81. The van der Waals surface area contributed by atoms with Crippen molar-refractivity contribution < 1.29 is 28.2 Å². The average molecular weight is 278 g/mol. The number of aromatic hydroxyl groups is 2. The fraction of sp³-hybridized carbons (Fsp3) is 0.364. The van der Waals surface area contributed by atoms with Crippen molar-refractivity contribution >= 4 is 5.91 Å². The van der Waals surface area contributed by atoms with Crippen LogP contribution in [0.1, 0.15) is 10.4 Å². The Hall–Kier alpha value is -1.96. The lowest BCUT2D eigenvalue weighted by atomic mass is 10.1.